The molecule has 1 saturated carbocycles. The largest absolute Gasteiger partial charge is 0.444 e. The lowest BCUT2D eigenvalue weighted by atomic mass is 9.96. The molecule has 2 fully saturated rings. The van der Waals surface area contributed by atoms with Gasteiger partial charge in [0.2, 0.25) is 0 Å². The summed E-state index contributed by atoms with van der Waals surface area (Å²) in [5.74, 6) is -4.59. The maximum Gasteiger partial charge on any atom is 0.407 e. The monoisotopic (exact) mass is 428 g/mol. The van der Waals surface area contributed by atoms with Crippen molar-refractivity contribution in [3.8, 4) is 0 Å². The van der Waals surface area contributed by atoms with E-state index in [2.05, 4.69) is 5.32 Å². The zero-order chi connectivity index (χ0) is 21.0. The summed E-state index contributed by atoms with van der Waals surface area (Å²) in [5, 5.41) is 2.61. The van der Waals surface area contributed by atoms with Gasteiger partial charge in [0.25, 0.3) is 11.8 Å². The maximum absolute atomic E-state index is 14.6. The average molecular weight is 429 g/mol. The fraction of sp³-hybridized carbons (Fsp3) is 0.700. The Morgan fingerprint density at radius 1 is 1.34 bits per heavy atom. The minimum Gasteiger partial charge on any atom is -0.444 e. The molecule has 0 spiro atoms. The van der Waals surface area contributed by atoms with Gasteiger partial charge in [-0.3, -0.25) is 4.79 Å². The highest BCUT2D eigenvalue weighted by Gasteiger charge is 2.60. The maximum atomic E-state index is 14.6. The van der Waals surface area contributed by atoms with Crippen molar-refractivity contribution in [3.63, 3.8) is 0 Å². The molecule has 3 aliphatic rings. The van der Waals surface area contributed by atoms with Crippen LogP contribution >= 0.6 is 11.3 Å². The molecule has 1 aromatic rings. The molecule has 3 atom stereocenters. The highest BCUT2D eigenvalue weighted by molar-refractivity contribution is 7.14. The lowest BCUT2D eigenvalue weighted by Gasteiger charge is -2.25. The Hall–Kier alpha value is -1.74. The number of halogens is 2. The minimum absolute atomic E-state index is 0.00205. The molecule has 6 nitrogen and oxygen atoms in total. The van der Waals surface area contributed by atoms with Crippen molar-refractivity contribution >= 4 is 23.3 Å². The van der Waals surface area contributed by atoms with Crippen LogP contribution < -0.4 is 5.32 Å². The second kappa shape index (κ2) is 7.19. The van der Waals surface area contributed by atoms with Gasteiger partial charge in [-0.25, -0.2) is 13.6 Å². The fourth-order valence-corrected chi connectivity index (χ4v) is 5.59. The average Bonchev–Trinajstić information content (AvgIpc) is 3.27. The van der Waals surface area contributed by atoms with Crippen LogP contribution in [0.25, 0.3) is 0 Å². The van der Waals surface area contributed by atoms with Gasteiger partial charge in [-0.05, 0) is 32.4 Å². The lowest BCUT2D eigenvalue weighted by molar-refractivity contribution is -0.0397. The van der Waals surface area contributed by atoms with Crippen LogP contribution in [0.5, 0.6) is 0 Å². The van der Waals surface area contributed by atoms with Crippen LogP contribution in [-0.2, 0) is 22.5 Å². The van der Waals surface area contributed by atoms with Gasteiger partial charge in [-0.2, -0.15) is 0 Å². The molecule has 0 bridgehead atoms. The van der Waals surface area contributed by atoms with Gasteiger partial charge in [0.05, 0.1) is 18.1 Å². The van der Waals surface area contributed by atoms with Gasteiger partial charge in [-0.15, -0.1) is 11.3 Å². The Morgan fingerprint density at radius 2 is 2.10 bits per heavy atom. The Labute approximate surface area is 172 Å². The zero-order valence-corrected chi connectivity index (χ0v) is 17.6. The molecule has 29 heavy (non-hydrogen) atoms. The van der Waals surface area contributed by atoms with Gasteiger partial charge < -0.3 is 19.7 Å². The number of hydrogen-bond donors (Lipinski definition) is 1. The smallest absolute Gasteiger partial charge is 0.407 e. The molecular weight excluding hydrogens is 402 g/mol. The zero-order valence-electron chi connectivity index (χ0n) is 16.8. The van der Waals surface area contributed by atoms with E-state index >= 15 is 0 Å². The van der Waals surface area contributed by atoms with Crippen molar-refractivity contribution in [2.45, 2.75) is 57.8 Å². The first-order valence-corrected chi connectivity index (χ1v) is 10.7. The Morgan fingerprint density at radius 3 is 2.79 bits per heavy atom. The predicted molar refractivity (Wildman–Crippen MR) is 103 cm³/mol. The number of carbonyl (C=O) groups excluding carboxylic acids is 2. The van der Waals surface area contributed by atoms with Crippen molar-refractivity contribution in [2.75, 3.05) is 19.7 Å². The van der Waals surface area contributed by atoms with E-state index in [1.807, 2.05) is 6.07 Å². The number of likely N-dealkylation sites (tertiary alicyclic amines) is 1. The molecule has 0 aromatic carbocycles. The molecule has 4 rings (SSSR count). The molecule has 1 saturated heterocycles. The summed E-state index contributed by atoms with van der Waals surface area (Å²) in [6.07, 6.45) is -0.345. The first kappa shape index (κ1) is 20.5. The summed E-state index contributed by atoms with van der Waals surface area (Å²) in [7, 11) is 0. The third-order valence-corrected chi connectivity index (χ3v) is 6.97. The van der Waals surface area contributed by atoms with Crippen LogP contribution in [0.4, 0.5) is 13.6 Å². The summed E-state index contributed by atoms with van der Waals surface area (Å²) in [6, 6.07) is 1.11. The molecule has 1 N–H and O–H groups in total. The highest BCUT2D eigenvalue weighted by atomic mass is 32.1. The normalized spacial score (nSPS) is 28.0. The van der Waals surface area contributed by atoms with Gasteiger partial charge in [-0.1, -0.05) is 0 Å². The van der Waals surface area contributed by atoms with E-state index in [1.165, 1.54) is 16.2 Å². The van der Waals surface area contributed by atoms with Gasteiger partial charge in [0.15, 0.2) is 0 Å². The number of ether oxygens (including phenoxy) is 2. The number of alkyl carbamates (subject to hydrolysis) is 1. The van der Waals surface area contributed by atoms with Crippen molar-refractivity contribution in [1.29, 1.82) is 0 Å². The standard InChI is InChI=1S/C20H26F2N2O4S/c1-19(2,3)28-18(26)23-14-7-20(21,22)13-9-24(8-12(13)14)17(25)16-6-11-10-27-5-4-15(11)29-16/h6,12-14H,4-5,7-10H2,1-3H3,(H,23,26)/t12-,13+,14-/m1/s1. The number of nitrogens with one attached hydrogen (secondary N) is 1. The second-order valence-electron chi connectivity index (χ2n) is 9.06. The molecule has 1 aliphatic carbocycles. The molecule has 2 amide bonds. The number of carbonyl (C=O) groups is 2. The van der Waals surface area contributed by atoms with E-state index in [0.29, 0.717) is 18.1 Å². The third-order valence-electron chi connectivity index (χ3n) is 5.74. The van der Waals surface area contributed by atoms with Crippen LogP contribution in [-0.4, -0.2) is 54.2 Å². The van der Waals surface area contributed by atoms with Crippen molar-refractivity contribution in [3.05, 3.63) is 21.4 Å². The first-order chi connectivity index (χ1) is 13.5. The number of hydrogen-bond acceptors (Lipinski definition) is 5. The van der Waals surface area contributed by atoms with Crippen molar-refractivity contribution in [2.24, 2.45) is 11.8 Å². The topological polar surface area (TPSA) is 67.9 Å². The molecule has 160 valence electrons. The van der Waals surface area contributed by atoms with E-state index in [9.17, 15) is 18.4 Å². The minimum atomic E-state index is -2.93. The molecule has 0 unspecified atom stereocenters. The van der Waals surface area contributed by atoms with Gasteiger partial charge in [0, 0.05) is 48.7 Å². The summed E-state index contributed by atoms with van der Waals surface area (Å²) < 4.78 is 39.9. The number of thiophene rings is 1. The van der Waals surface area contributed by atoms with Crippen LogP contribution in [0.15, 0.2) is 6.07 Å². The summed E-state index contributed by atoms with van der Waals surface area (Å²) in [5.41, 5.74) is 0.309. The highest BCUT2D eigenvalue weighted by Crippen LogP contribution is 2.49. The summed E-state index contributed by atoms with van der Waals surface area (Å²) in [4.78, 5) is 28.3. The number of rotatable bonds is 2. The Balaban J connectivity index is 1.46. The quantitative estimate of drug-likeness (QED) is 0.784. The number of alkyl halides is 2. The first-order valence-electron chi connectivity index (χ1n) is 9.89. The molecule has 3 heterocycles. The lowest BCUT2D eigenvalue weighted by Crippen LogP contribution is -2.43. The molecule has 2 aliphatic heterocycles. The Kier molecular flexibility index (Phi) is 5.09. The van der Waals surface area contributed by atoms with Crippen LogP contribution in [0, 0.1) is 11.8 Å². The molecule has 0 radical (unpaired) electrons. The van der Waals surface area contributed by atoms with E-state index in [0.717, 1.165) is 16.9 Å². The summed E-state index contributed by atoms with van der Waals surface area (Å²) >= 11 is 1.43. The predicted octanol–water partition coefficient (Wildman–Crippen LogP) is 3.44. The molecule has 9 heteroatoms. The SMILES string of the molecule is CC(C)(C)OC(=O)N[C@@H]1CC(F)(F)[C@H]2CN(C(=O)c3cc4c(s3)CCOC4)C[C@@H]12. The van der Waals surface area contributed by atoms with Crippen LogP contribution in [0.1, 0.15) is 47.3 Å². The molecule has 1 aromatic heterocycles. The fourth-order valence-electron chi connectivity index (χ4n) is 4.47. The van der Waals surface area contributed by atoms with E-state index in [1.54, 1.807) is 20.8 Å². The van der Waals surface area contributed by atoms with Crippen LogP contribution in [0.2, 0.25) is 0 Å². The van der Waals surface area contributed by atoms with E-state index < -0.39 is 41.9 Å². The number of nitrogens with zero attached hydrogens (tertiary/aromatic N) is 1. The van der Waals surface area contributed by atoms with E-state index in [4.69, 9.17) is 9.47 Å². The number of fused-ring (bicyclic) bond motifs is 2. The van der Waals surface area contributed by atoms with E-state index in [-0.39, 0.29) is 19.0 Å². The Bertz CT molecular complexity index is 796. The number of amides is 2. The van der Waals surface area contributed by atoms with Crippen molar-refractivity contribution in [1.82, 2.24) is 10.2 Å². The van der Waals surface area contributed by atoms with Crippen molar-refractivity contribution < 1.29 is 27.8 Å². The summed E-state index contributed by atoms with van der Waals surface area (Å²) in [6.45, 7) is 6.51. The third kappa shape index (κ3) is 4.12. The van der Waals surface area contributed by atoms with Gasteiger partial charge in [0.1, 0.15) is 5.60 Å². The molecular formula is C20H26F2N2O4S. The van der Waals surface area contributed by atoms with Crippen LogP contribution in [0.3, 0.4) is 0 Å². The second-order valence-corrected chi connectivity index (χ2v) is 10.2. The van der Waals surface area contributed by atoms with Gasteiger partial charge >= 0.3 is 6.09 Å².